The highest BCUT2D eigenvalue weighted by Crippen LogP contribution is 2.56. The highest BCUT2D eigenvalue weighted by atomic mass is 32.2. The van der Waals surface area contributed by atoms with Gasteiger partial charge in [0.2, 0.25) is 0 Å². The molecule has 8 aromatic rings. The molecule has 1 aliphatic rings. The van der Waals surface area contributed by atoms with E-state index >= 15 is 0 Å². The van der Waals surface area contributed by atoms with E-state index in [4.69, 9.17) is 4.98 Å². The van der Waals surface area contributed by atoms with Crippen molar-refractivity contribution in [2.24, 2.45) is 0 Å². The van der Waals surface area contributed by atoms with E-state index in [-0.39, 0.29) is 0 Å². The smallest absolute Gasteiger partial charge is 0.0896 e. The summed E-state index contributed by atoms with van der Waals surface area (Å²) in [5.74, 6) is 0. The molecule has 0 unspecified atom stereocenters. The second kappa shape index (κ2) is 13.8. The third kappa shape index (κ3) is 5.93. The molecule has 254 valence electrons. The van der Waals surface area contributed by atoms with Crippen LogP contribution in [0.2, 0.25) is 0 Å². The van der Waals surface area contributed by atoms with E-state index in [1.54, 1.807) is 0 Å². The second-order valence-electron chi connectivity index (χ2n) is 13.8. The number of hydrogen-bond donors (Lipinski definition) is 0. The number of pyridine rings is 1. The van der Waals surface area contributed by atoms with Crippen LogP contribution in [0.1, 0.15) is 33.5 Å². The van der Waals surface area contributed by atoms with Crippen LogP contribution in [0.25, 0.3) is 22.4 Å². The molecule has 0 aliphatic carbocycles. The van der Waals surface area contributed by atoms with Crippen LogP contribution in [-0.2, 0) is 5.41 Å². The second-order valence-corrected chi connectivity index (χ2v) is 14.8. The van der Waals surface area contributed by atoms with E-state index in [1.165, 1.54) is 37.6 Å². The maximum Gasteiger partial charge on any atom is 0.0896 e. The Morgan fingerprint density at radius 1 is 0.434 bits per heavy atom. The highest BCUT2D eigenvalue weighted by Gasteiger charge is 2.45. The third-order valence-electron chi connectivity index (χ3n) is 10.3. The van der Waals surface area contributed by atoms with Gasteiger partial charge in [-0.15, -0.1) is 0 Å². The average Bonchev–Trinajstić information content (AvgIpc) is 3.22. The fourth-order valence-corrected chi connectivity index (χ4v) is 8.89. The summed E-state index contributed by atoms with van der Waals surface area (Å²) in [6.07, 6.45) is 0. The van der Waals surface area contributed by atoms with Crippen molar-refractivity contribution < 1.29 is 0 Å². The quantitative estimate of drug-likeness (QED) is 0.165. The molecule has 1 aromatic heterocycles. The zero-order chi connectivity index (χ0) is 35.8. The minimum Gasteiger partial charge on any atom is -0.311 e. The number of rotatable bonds is 7. The van der Waals surface area contributed by atoms with Crippen LogP contribution in [0, 0.1) is 13.8 Å². The predicted octanol–water partition coefficient (Wildman–Crippen LogP) is 13.3. The molecular weight excluding hydrogens is 661 g/mol. The van der Waals surface area contributed by atoms with Crippen LogP contribution < -0.4 is 4.90 Å². The first-order valence-corrected chi connectivity index (χ1v) is 18.9. The Morgan fingerprint density at radius 3 is 1.42 bits per heavy atom. The van der Waals surface area contributed by atoms with E-state index in [0.29, 0.717) is 0 Å². The lowest BCUT2D eigenvalue weighted by Gasteiger charge is -2.41. The van der Waals surface area contributed by atoms with E-state index in [2.05, 4.69) is 213 Å². The van der Waals surface area contributed by atoms with Gasteiger partial charge in [0.1, 0.15) is 0 Å². The largest absolute Gasteiger partial charge is 0.311 e. The normalized spacial score (nSPS) is 12.8. The zero-order valence-electron chi connectivity index (χ0n) is 29.8. The number of nitrogens with zero attached hydrogens (tertiary/aromatic N) is 2. The molecule has 0 saturated carbocycles. The van der Waals surface area contributed by atoms with Gasteiger partial charge >= 0.3 is 0 Å². The first kappa shape index (κ1) is 32.7. The third-order valence-corrected chi connectivity index (χ3v) is 11.5. The monoisotopic (exact) mass is 698 g/mol. The lowest BCUT2D eigenvalue weighted by Crippen LogP contribution is -2.35. The summed E-state index contributed by atoms with van der Waals surface area (Å²) in [5, 5.41) is 0. The van der Waals surface area contributed by atoms with E-state index in [0.717, 1.165) is 45.1 Å². The van der Waals surface area contributed by atoms with Gasteiger partial charge in [-0.1, -0.05) is 156 Å². The van der Waals surface area contributed by atoms with Crippen LogP contribution in [0.3, 0.4) is 0 Å². The molecule has 0 atom stereocenters. The fraction of sp³-hybridized carbons (Fsp3) is 0.0600. The minimum absolute atomic E-state index is 0.691. The standard InChI is InChI=1S/C50H38N2S/c1-35-21-27-41(28-22-35)52(42-29-23-36(2)24-30-42)43-31-25-40(26-32-43)50(44-17-9-11-19-47(44)53-48-20-12-10-18-45(48)50)49-34-39(37-13-5-3-6-14-37)33-46(51-49)38-15-7-4-8-16-38/h3-34H,1-2H3. The Balaban J connectivity index is 1.32. The van der Waals surface area contributed by atoms with Crippen molar-refractivity contribution in [3.8, 4) is 22.4 Å². The maximum atomic E-state index is 5.65. The predicted molar refractivity (Wildman–Crippen MR) is 222 cm³/mol. The van der Waals surface area contributed by atoms with Crippen LogP contribution in [0.5, 0.6) is 0 Å². The Hall–Kier alpha value is -6.16. The molecule has 0 fully saturated rings. The molecule has 0 N–H and O–H groups in total. The fourth-order valence-electron chi connectivity index (χ4n) is 7.70. The van der Waals surface area contributed by atoms with Gasteiger partial charge in [-0.2, -0.15) is 0 Å². The van der Waals surface area contributed by atoms with Crippen molar-refractivity contribution in [3.05, 3.63) is 228 Å². The van der Waals surface area contributed by atoms with Crippen molar-refractivity contribution in [2.75, 3.05) is 4.90 Å². The molecule has 3 heteroatoms. The molecule has 2 nitrogen and oxygen atoms in total. The molecule has 0 spiro atoms. The summed E-state index contributed by atoms with van der Waals surface area (Å²) < 4.78 is 0. The molecule has 9 rings (SSSR count). The number of anilines is 3. The molecule has 0 bridgehead atoms. The van der Waals surface area contributed by atoms with E-state index < -0.39 is 5.41 Å². The zero-order valence-corrected chi connectivity index (χ0v) is 30.6. The van der Waals surface area contributed by atoms with Gasteiger partial charge in [0, 0.05) is 32.4 Å². The maximum absolute atomic E-state index is 5.65. The molecule has 2 heterocycles. The summed E-state index contributed by atoms with van der Waals surface area (Å²) in [7, 11) is 0. The van der Waals surface area contributed by atoms with Crippen LogP contribution >= 0.6 is 11.8 Å². The van der Waals surface area contributed by atoms with E-state index in [1.807, 2.05) is 11.8 Å². The molecule has 0 amide bonds. The lowest BCUT2D eigenvalue weighted by atomic mass is 9.66. The Labute approximate surface area is 316 Å². The van der Waals surface area contributed by atoms with Gasteiger partial charge in [0.15, 0.2) is 0 Å². The van der Waals surface area contributed by atoms with Crippen molar-refractivity contribution in [1.82, 2.24) is 4.98 Å². The van der Waals surface area contributed by atoms with Crippen molar-refractivity contribution >= 4 is 28.8 Å². The van der Waals surface area contributed by atoms with Gasteiger partial charge in [-0.05, 0) is 102 Å². The van der Waals surface area contributed by atoms with Crippen LogP contribution in [0.4, 0.5) is 17.1 Å². The number of benzene rings is 7. The first-order valence-electron chi connectivity index (χ1n) is 18.1. The van der Waals surface area contributed by atoms with Gasteiger partial charge in [-0.25, -0.2) is 0 Å². The van der Waals surface area contributed by atoms with Crippen molar-refractivity contribution in [1.29, 1.82) is 0 Å². The van der Waals surface area contributed by atoms with Crippen LogP contribution in [0.15, 0.2) is 204 Å². The Bertz CT molecular complexity index is 2380. The molecule has 0 saturated heterocycles. The average molecular weight is 699 g/mol. The number of hydrogen-bond acceptors (Lipinski definition) is 3. The van der Waals surface area contributed by atoms with Crippen LogP contribution in [-0.4, -0.2) is 4.98 Å². The molecular formula is C50H38N2S. The van der Waals surface area contributed by atoms with Gasteiger partial charge in [0.25, 0.3) is 0 Å². The number of fused-ring (bicyclic) bond motifs is 2. The van der Waals surface area contributed by atoms with Gasteiger partial charge in [0.05, 0.1) is 16.8 Å². The Morgan fingerprint density at radius 2 is 0.887 bits per heavy atom. The molecule has 0 radical (unpaired) electrons. The first-order chi connectivity index (χ1) is 26.1. The summed E-state index contributed by atoms with van der Waals surface area (Å²) in [6.45, 7) is 4.27. The SMILES string of the molecule is Cc1ccc(N(c2ccc(C)cc2)c2ccc(C3(c4cc(-c5ccccc5)cc(-c5ccccc5)n4)c4ccccc4Sc4ccccc43)cc2)cc1. The molecule has 1 aliphatic heterocycles. The van der Waals surface area contributed by atoms with Crippen molar-refractivity contribution in [3.63, 3.8) is 0 Å². The summed E-state index contributed by atoms with van der Waals surface area (Å²) in [4.78, 5) is 10.5. The number of aryl methyl sites for hydroxylation is 2. The van der Waals surface area contributed by atoms with Gasteiger partial charge < -0.3 is 4.90 Å². The number of aromatic nitrogens is 1. The minimum atomic E-state index is -0.691. The highest BCUT2D eigenvalue weighted by molar-refractivity contribution is 7.99. The molecule has 7 aromatic carbocycles. The van der Waals surface area contributed by atoms with Crippen molar-refractivity contribution in [2.45, 2.75) is 29.1 Å². The van der Waals surface area contributed by atoms with Gasteiger partial charge in [-0.3, -0.25) is 4.98 Å². The van der Waals surface area contributed by atoms with E-state index in [9.17, 15) is 0 Å². The summed E-state index contributed by atoms with van der Waals surface area (Å²) in [6, 6.07) is 70.4. The Kier molecular flexibility index (Phi) is 8.50. The summed E-state index contributed by atoms with van der Waals surface area (Å²) in [5.41, 5.74) is 14.1. The molecule has 53 heavy (non-hydrogen) atoms. The topological polar surface area (TPSA) is 16.1 Å². The summed E-state index contributed by atoms with van der Waals surface area (Å²) >= 11 is 1.84. The lowest BCUT2D eigenvalue weighted by molar-refractivity contribution is 0.678.